The summed E-state index contributed by atoms with van der Waals surface area (Å²) >= 11 is 1.89. The topological polar surface area (TPSA) is 17.1 Å². The number of hydrogen-bond acceptors (Lipinski definition) is 2. The van der Waals surface area contributed by atoms with Crippen LogP contribution in [0.2, 0.25) is 0 Å². The van der Waals surface area contributed by atoms with E-state index in [4.69, 9.17) is 0 Å². The Morgan fingerprint density at radius 3 is 2.67 bits per heavy atom. The second kappa shape index (κ2) is 1.75. The Labute approximate surface area is 59.2 Å². The number of rotatable bonds is 0. The zero-order valence-corrected chi connectivity index (χ0v) is 6.17. The first-order valence-electron chi connectivity index (χ1n) is 3.51. The fraction of sp³-hybridized carbons (Fsp3) is 0.857. The van der Waals surface area contributed by atoms with Gasteiger partial charge < -0.3 is 0 Å². The lowest BCUT2D eigenvalue weighted by Crippen LogP contribution is -2.23. The summed E-state index contributed by atoms with van der Waals surface area (Å²) in [4.78, 5) is 11.2. The monoisotopic (exact) mass is 142 g/mol. The van der Waals surface area contributed by atoms with Gasteiger partial charge in [-0.25, -0.2) is 0 Å². The molecule has 0 aromatic heterocycles. The lowest BCUT2D eigenvalue weighted by atomic mass is 10.1. The first-order chi connectivity index (χ1) is 4.33. The van der Waals surface area contributed by atoms with Gasteiger partial charge in [-0.3, -0.25) is 4.79 Å². The van der Waals surface area contributed by atoms with Crippen LogP contribution in [-0.2, 0) is 4.79 Å². The lowest BCUT2D eigenvalue weighted by molar-refractivity contribution is -0.119. The zero-order chi connectivity index (χ0) is 6.32. The Balaban J connectivity index is 2.12. The van der Waals surface area contributed by atoms with Gasteiger partial charge in [0.2, 0.25) is 0 Å². The molecule has 1 saturated carbocycles. The Hall–Kier alpha value is 0.0200. The molecule has 0 N–H and O–H groups in total. The molecule has 2 fully saturated rings. The zero-order valence-electron chi connectivity index (χ0n) is 5.35. The van der Waals surface area contributed by atoms with Gasteiger partial charge in [-0.05, 0) is 25.0 Å². The van der Waals surface area contributed by atoms with Crippen LogP contribution in [0.3, 0.4) is 0 Å². The first kappa shape index (κ1) is 5.78. The third kappa shape index (κ3) is 0.803. The highest BCUT2D eigenvalue weighted by Gasteiger charge is 2.50. The van der Waals surface area contributed by atoms with E-state index in [1.807, 2.05) is 11.8 Å². The van der Waals surface area contributed by atoms with Crippen LogP contribution in [0.15, 0.2) is 0 Å². The van der Waals surface area contributed by atoms with E-state index in [2.05, 4.69) is 0 Å². The van der Waals surface area contributed by atoms with Gasteiger partial charge in [-0.15, -0.1) is 11.8 Å². The highest BCUT2D eigenvalue weighted by molar-refractivity contribution is 8.01. The fourth-order valence-electron chi connectivity index (χ4n) is 1.35. The predicted molar refractivity (Wildman–Crippen MR) is 38.7 cm³/mol. The molecule has 0 unspecified atom stereocenters. The molecule has 0 aromatic rings. The molecule has 1 aliphatic carbocycles. The molecule has 0 radical (unpaired) electrons. The molecule has 0 aromatic carbocycles. The van der Waals surface area contributed by atoms with Crippen molar-refractivity contribution in [1.82, 2.24) is 0 Å². The highest BCUT2D eigenvalue weighted by Crippen LogP contribution is 2.52. The van der Waals surface area contributed by atoms with Gasteiger partial charge in [0.15, 0.2) is 0 Å². The maximum atomic E-state index is 11.2. The summed E-state index contributed by atoms with van der Waals surface area (Å²) in [6.07, 6.45) is 4.30. The second-order valence-electron chi connectivity index (χ2n) is 2.87. The van der Waals surface area contributed by atoms with Crippen molar-refractivity contribution in [3.63, 3.8) is 0 Å². The first-order valence-corrected chi connectivity index (χ1v) is 4.49. The molecule has 2 heteroatoms. The normalized spacial score (nSPS) is 30.9. The standard InChI is InChI=1S/C7H10OS/c8-6-2-1-5-9-7(6)3-4-7/h1-5H2. The van der Waals surface area contributed by atoms with Crippen LogP contribution in [0.1, 0.15) is 25.7 Å². The maximum absolute atomic E-state index is 11.2. The van der Waals surface area contributed by atoms with Crippen LogP contribution in [0.4, 0.5) is 0 Å². The van der Waals surface area contributed by atoms with Crippen molar-refractivity contribution in [2.45, 2.75) is 30.4 Å². The molecular formula is C7H10OS. The minimum atomic E-state index is 0.165. The summed E-state index contributed by atoms with van der Waals surface area (Å²) in [7, 11) is 0. The van der Waals surface area contributed by atoms with Gasteiger partial charge in [0, 0.05) is 6.42 Å². The van der Waals surface area contributed by atoms with Crippen LogP contribution in [0.25, 0.3) is 0 Å². The van der Waals surface area contributed by atoms with Gasteiger partial charge in [-0.2, -0.15) is 0 Å². The molecule has 9 heavy (non-hydrogen) atoms. The number of thioether (sulfide) groups is 1. The molecule has 0 atom stereocenters. The number of ketones is 1. The van der Waals surface area contributed by atoms with E-state index >= 15 is 0 Å². The molecule has 0 amide bonds. The fourth-order valence-corrected chi connectivity index (χ4v) is 2.68. The van der Waals surface area contributed by atoms with Crippen molar-refractivity contribution in [2.75, 3.05) is 5.75 Å². The Morgan fingerprint density at radius 1 is 1.44 bits per heavy atom. The van der Waals surface area contributed by atoms with Gasteiger partial charge >= 0.3 is 0 Å². The minimum absolute atomic E-state index is 0.165. The van der Waals surface area contributed by atoms with Gasteiger partial charge in [0.25, 0.3) is 0 Å². The number of carbonyl (C=O) groups is 1. The molecule has 1 aliphatic heterocycles. The van der Waals surface area contributed by atoms with E-state index in [-0.39, 0.29) is 4.75 Å². The van der Waals surface area contributed by atoms with Crippen LogP contribution < -0.4 is 0 Å². The molecule has 1 saturated heterocycles. The lowest BCUT2D eigenvalue weighted by Gasteiger charge is -2.17. The smallest absolute Gasteiger partial charge is 0.148 e. The predicted octanol–water partition coefficient (Wildman–Crippen LogP) is 1.62. The van der Waals surface area contributed by atoms with Crippen molar-refractivity contribution in [1.29, 1.82) is 0 Å². The largest absolute Gasteiger partial charge is 0.298 e. The van der Waals surface area contributed by atoms with Crippen LogP contribution >= 0.6 is 11.8 Å². The maximum Gasteiger partial charge on any atom is 0.148 e. The SMILES string of the molecule is O=C1CCCSC12CC2. The van der Waals surface area contributed by atoms with E-state index in [0.717, 1.165) is 25.7 Å². The van der Waals surface area contributed by atoms with Crippen LogP contribution in [0, 0.1) is 0 Å². The minimum Gasteiger partial charge on any atom is -0.298 e. The summed E-state index contributed by atoms with van der Waals surface area (Å²) in [5.41, 5.74) is 0. The Kier molecular flexibility index (Phi) is 1.12. The summed E-state index contributed by atoms with van der Waals surface area (Å²) < 4.78 is 0.165. The van der Waals surface area contributed by atoms with Crippen molar-refractivity contribution in [3.05, 3.63) is 0 Å². The van der Waals surface area contributed by atoms with Crippen molar-refractivity contribution in [2.24, 2.45) is 0 Å². The van der Waals surface area contributed by atoms with E-state index in [1.54, 1.807) is 0 Å². The third-order valence-corrected chi connectivity index (χ3v) is 3.82. The van der Waals surface area contributed by atoms with Crippen molar-refractivity contribution in [3.8, 4) is 0 Å². The molecular weight excluding hydrogens is 132 g/mol. The Morgan fingerprint density at radius 2 is 2.22 bits per heavy atom. The quantitative estimate of drug-likeness (QED) is 0.511. The molecule has 1 spiro atoms. The summed E-state index contributed by atoms with van der Waals surface area (Å²) in [5.74, 6) is 1.74. The van der Waals surface area contributed by atoms with Crippen molar-refractivity contribution >= 4 is 17.5 Å². The molecule has 2 rings (SSSR count). The number of hydrogen-bond donors (Lipinski definition) is 0. The molecule has 50 valence electrons. The number of carbonyl (C=O) groups excluding carboxylic acids is 1. The van der Waals surface area contributed by atoms with Gasteiger partial charge in [0.1, 0.15) is 5.78 Å². The third-order valence-electron chi connectivity index (χ3n) is 2.14. The molecule has 1 nitrogen and oxygen atoms in total. The van der Waals surface area contributed by atoms with Crippen LogP contribution in [-0.4, -0.2) is 16.3 Å². The summed E-state index contributed by atoms with van der Waals surface area (Å²) in [6.45, 7) is 0. The molecule has 1 heterocycles. The van der Waals surface area contributed by atoms with Gasteiger partial charge in [-0.1, -0.05) is 0 Å². The molecule has 0 bridgehead atoms. The van der Waals surface area contributed by atoms with E-state index in [9.17, 15) is 4.79 Å². The highest BCUT2D eigenvalue weighted by atomic mass is 32.2. The Bertz CT molecular complexity index is 149. The van der Waals surface area contributed by atoms with Crippen molar-refractivity contribution < 1.29 is 4.79 Å². The second-order valence-corrected chi connectivity index (χ2v) is 4.35. The van der Waals surface area contributed by atoms with Crippen LogP contribution in [0.5, 0.6) is 0 Å². The molecule has 2 aliphatic rings. The average Bonchev–Trinajstić information content (AvgIpc) is 2.60. The number of Topliss-reactive ketones (excluding diaryl/α,β-unsaturated/α-hetero) is 1. The van der Waals surface area contributed by atoms with E-state index in [0.29, 0.717) is 5.78 Å². The average molecular weight is 142 g/mol. The van der Waals surface area contributed by atoms with E-state index in [1.165, 1.54) is 5.75 Å². The van der Waals surface area contributed by atoms with E-state index < -0.39 is 0 Å². The summed E-state index contributed by atoms with van der Waals surface area (Å²) in [5, 5.41) is 0. The van der Waals surface area contributed by atoms with Gasteiger partial charge in [0.05, 0.1) is 4.75 Å². The summed E-state index contributed by atoms with van der Waals surface area (Å²) in [6, 6.07) is 0.